The van der Waals surface area contributed by atoms with Gasteiger partial charge in [-0.2, -0.15) is 8.42 Å². The van der Waals surface area contributed by atoms with Crippen molar-refractivity contribution in [1.82, 2.24) is 0 Å². The molecule has 0 aromatic heterocycles. The molecule has 0 spiro atoms. The molecule has 1 aromatic rings. The maximum absolute atomic E-state index is 14.3. The number of benzene rings is 1. The Balaban J connectivity index is 2.12. The van der Waals surface area contributed by atoms with Gasteiger partial charge in [-0.25, -0.2) is 9.18 Å². The van der Waals surface area contributed by atoms with Crippen molar-refractivity contribution in [3.05, 3.63) is 29.6 Å². The van der Waals surface area contributed by atoms with Crippen LogP contribution in [0.4, 0.5) is 4.39 Å². The highest BCUT2D eigenvalue weighted by Crippen LogP contribution is 2.38. The van der Waals surface area contributed by atoms with E-state index in [0.29, 0.717) is 12.3 Å². The maximum atomic E-state index is 14.3. The molecule has 1 aliphatic rings. The Morgan fingerprint density at radius 1 is 1.30 bits per heavy atom. The summed E-state index contributed by atoms with van der Waals surface area (Å²) >= 11 is 0. The third kappa shape index (κ3) is 6.17. The van der Waals surface area contributed by atoms with Crippen LogP contribution in [0.25, 0.3) is 0 Å². The molecule has 0 aliphatic heterocycles. The van der Waals surface area contributed by atoms with Gasteiger partial charge < -0.3 is 9.47 Å². The summed E-state index contributed by atoms with van der Waals surface area (Å²) in [5.74, 6) is -1.77. The summed E-state index contributed by atoms with van der Waals surface area (Å²) in [7, 11) is -4.22. The predicted octanol–water partition coefficient (Wildman–Crippen LogP) is 4.00. The highest BCUT2D eigenvalue weighted by atomic mass is 32.2. The van der Waals surface area contributed by atoms with Gasteiger partial charge in [0.2, 0.25) is 0 Å². The zero-order valence-corrected chi connectivity index (χ0v) is 16.6. The topological polar surface area (TPSA) is 89.9 Å². The van der Waals surface area contributed by atoms with Gasteiger partial charge >= 0.3 is 5.97 Å². The van der Waals surface area contributed by atoms with Gasteiger partial charge in [0.1, 0.15) is 18.0 Å². The van der Waals surface area contributed by atoms with E-state index < -0.39 is 39.9 Å². The van der Waals surface area contributed by atoms with E-state index in [9.17, 15) is 17.6 Å². The molecule has 0 amide bonds. The normalized spacial score (nSPS) is 17.9. The predicted molar refractivity (Wildman–Crippen MR) is 99.0 cm³/mol. The van der Waals surface area contributed by atoms with E-state index in [4.69, 9.17) is 14.0 Å². The second kappa shape index (κ2) is 9.01. The van der Waals surface area contributed by atoms with Gasteiger partial charge in [-0.05, 0) is 50.3 Å². The molecule has 152 valence electrons. The highest BCUT2D eigenvalue weighted by molar-refractivity contribution is 7.85. The highest BCUT2D eigenvalue weighted by Gasteiger charge is 2.36. The van der Waals surface area contributed by atoms with Gasteiger partial charge in [-0.15, -0.1) is 0 Å². The van der Waals surface area contributed by atoms with Gasteiger partial charge in [0, 0.05) is 0 Å². The lowest BCUT2D eigenvalue weighted by Gasteiger charge is -2.39. The van der Waals surface area contributed by atoms with Crippen LogP contribution in [-0.2, 0) is 14.9 Å². The monoisotopic (exact) mass is 402 g/mol. The van der Waals surface area contributed by atoms with Gasteiger partial charge in [0.15, 0.2) is 11.6 Å². The van der Waals surface area contributed by atoms with Gasteiger partial charge in [0.25, 0.3) is 10.1 Å². The number of hydrogen-bond acceptors (Lipinski definition) is 5. The lowest BCUT2D eigenvalue weighted by atomic mass is 9.76. The maximum Gasteiger partial charge on any atom is 0.338 e. The molecule has 0 radical (unpaired) electrons. The van der Waals surface area contributed by atoms with Crippen molar-refractivity contribution in [3.63, 3.8) is 0 Å². The molecule has 1 saturated carbocycles. The molecule has 1 unspecified atom stereocenters. The van der Waals surface area contributed by atoms with Crippen LogP contribution in [-0.4, -0.2) is 36.9 Å². The first-order valence-electron chi connectivity index (χ1n) is 9.25. The van der Waals surface area contributed by atoms with Gasteiger partial charge in [-0.3, -0.25) is 4.55 Å². The third-order valence-electron chi connectivity index (χ3n) is 5.26. The molecule has 0 bridgehead atoms. The average molecular weight is 402 g/mol. The second-order valence-electron chi connectivity index (χ2n) is 7.17. The second-order valence-corrected chi connectivity index (χ2v) is 8.74. The van der Waals surface area contributed by atoms with Crippen molar-refractivity contribution >= 4 is 16.1 Å². The Kier molecular flexibility index (Phi) is 7.22. The fraction of sp³-hybridized carbons (Fsp3) is 0.632. The van der Waals surface area contributed by atoms with Crippen LogP contribution in [0.15, 0.2) is 18.2 Å². The van der Waals surface area contributed by atoms with Crippen molar-refractivity contribution in [3.8, 4) is 5.75 Å². The smallest absolute Gasteiger partial charge is 0.338 e. The summed E-state index contributed by atoms with van der Waals surface area (Å²) < 4.78 is 55.2. The largest absolute Gasteiger partial charge is 0.484 e. The summed E-state index contributed by atoms with van der Waals surface area (Å²) in [6.07, 6.45) is 6.24. The Bertz CT molecular complexity index is 757. The lowest BCUT2D eigenvalue weighted by molar-refractivity contribution is 0.00157. The van der Waals surface area contributed by atoms with Crippen LogP contribution in [0.2, 0.25) is 0 Å². The summed E-state index contributed by atoms with van der Waals surface area (Å²) in [4.78, 5) is 12.1. The quantitative estimate of drug-likeness (QED) is 0.522. The van der Waals surface area contributed by atoms with Crippen LogP contribution in [0, 0.1) is 11.7 Å². The minimum Gasteiger partial charge on any atom is -0.484 e. The summed E-state index contributed by atoms with van der Waals surface area (Å²) in [6.45, 7) is 3.49. The molecule has 6 nitrogen and oxygen atoms in total. The van der Waals surface area contributed by atoms with E-state index >= 15 is 0 Å². The number of carbonyl (C=O) groups excluding carboxylic acids is 1. The summed E-state index contributed by atoms with van der Waals surface area (Å²) in [6, 6.07) is 3.66. The molecule has 1 N–H and O–H groups in total. The average Bonchev–Trinajstić information content (AvgIpc) is 2.63. The molecule has 2 rings (SSSR count). The van der Waals surface area contributed by atoms with E-state index in [1.54, 1.807) is 0 Å². The third-order valence-corrected chi connectivity index (χ3v) is 5.94. The first-order chi connectivity index (χ1) is 12.6. The molecular formula is C19H27FO6S. The van der Waals surface area contributed by atoms with Crippen molar-refractivity contribution in [2.75, 3.05) is 12.4 Å². The Morgan fingerprint density at radius 3 is 2.56 bits per heavy atom. The standard InChI is InChI=1S/C19H27FO6S/c1-3-19(2,15-7-5-4-6-8-15)26-17-13-14(9-10-16(17)20)18(21)25-11-12-27(22,23)24/h9-10,13,15H,3-8,11-12H2,1-2H3,(H,22,23,24). The Morgan fingerprint density at radius 2 is 1.96 bits per heavy atom. The number of hydrogen-bond donors (Lipinski definition) is 1. The molecule has 27 heavy (non-hydrogen) atoms. The number of carbonyl (C=O) groups is 1. The van der Waals surface area contributed by atoms with E-state index in [1.807, 2.05) is 13.8 Å². The molecular weight excluding hydrogens is 375 g/mol. The van der Waals surface area contributed by atoms with E-state index in [0.717, 1.165) is 31.7 Å². The zero-order chi connectivity index (χ0) is 20.1. The number of halogens is 1. The number of ether oxygens (including phenoxy) is 2. The molecule has 8 heteroatoms. The number of esters is 1. The molecule has 1 atom stereocenters. The number of rotatable bonds is 8. The Labute approximate surface area is 159 Å². The fourth-order valence-corrected chi connectivity index (χ4v) is 3.73. The van der Waals surface area contributed by atoms with Crippen molar-refractivity contribution < 1.29 is 31.6 Å². The van der Waals surface area contributed by atoms with Crippen molar-refractivity contribution in [2.45, 2.75) is 58.0 Å². The SMILES string of the molecule is CCC(C)(Oc1cc(C(=O)OCCS(=O)(=O)O)ccc1F)C1CCCCC1. The molecule has 1 aliphatic carbocycles. The molecule has 0 saturated heterocycles. The van der Waals surface area contributed by atoms with Crippen molar-refractivity contribution in [1.29, 1.82) is 0 Å². The lowest BCUT2D eigenvalue weighted by Crippen LogP contribution is -2.41. The van der Waals surface area contributed by atoms with Crippen LogP contribution in [0.1, 0.15) is 62.7 Å². The van der Waals surface area contributed by atoms with E-state index in [1.165, 1.54) is 18.6 Å². The summed E-state index contributed by atoms with van der Waals surface area (Å²) in [5.41, 5.74) is -0.474. The minimum atomic E-state index is -4.22. The van der Waals surface area contributed by atoms with Gasteiger partial charge in [0.05, 0.1) is 5.56 Å². The van der Waals surface area contributed by atoms with E-state index in [2.05, 4.69) is 0 Å². The van der Waals surface area contributed by atoms with Crippen LogP contribution < -0.4 is 4.74 Å². The summed E-state index contributed by atoms with van der Waals surface area (Å²) in [5, 5.41) is 0. The van der Waals surface area contributed by atoms with E-state index in [-0.39, 0.29) is 11.3 Å². The van der Waals surface area contributed by atoms with Crippen molar-refractivity contribution in [2.24, 2.45) is 5.92 Å². The first-order valence-corrected chi connectivity index (χ1v) is 10.9. The van der Waals surface area contributed by atoms with Crippen LogP contribution in [0.3, 0.4) is 0 Å². The molecule has 0 heterocycles. The van der Waals surface area contributed by atoms with Crippen LogP contribution in [0.5, 0.6) is 5.75 Å². The van der Waals surface area contributed by atoms with Crippen LogP contribution >= 0.6 is 0 Å². The fourth-order valence-electron chi connectivity index (χ4n) is 3.44. The first kappa shape index (κ1) is 21.6. The minimum absolute atomic E-state index is 0.0193. The molecule has 1 fully saturated rings. The van der Waals surface area contributed by atoms with Gasteiger partial charge in [-0.1, -0.05) is 26.2 Å². The molecule has 1 aromatic carbocycles. The Hall–Kier alpha value is -1.67. The zero-order valence-electron chi connectivity index (χ0n) is 15.7.